The van der Waals surface area contributed by atoms with Crippen molar-refractivity contribution in [1.29, 1.82) is 0 Å². The average Bonchev–Trinajstić information content (AvgIpc) is 3.00. The zero-order chi connectivity index (χ0) is 16.0. The number of ether oxygens (including phenoxy) is 1. The van der Waals surface area contributed by atoms with Crippen molar-refractivity contribution in [3.05, 3.63) is 24.3 Å². The summed E-state index contributed by atoms with van der Waals surface area (Å²) in [6, 6.07) is 6.37. The number of hydrogen-bond acceptors (Lipinski definition) is 4. The molecule has 1 saturated carbocycles. The molecule has 1 aliphatic rings. The van der Waals surface area contributed by atoms with Gasteiger partial charge in [-0.1, -0.05) is 12.8 Å². The van der Waals surface area contributed by atoms with E-state index in [2.05, 4.69) is 10.0 Å². The van der Waals surface area contributed by atoms with Gasteiger partial charge in [-0.3, -0.25) is 4.79 Å². The first-order valence-corrected chi connectivity index (χ1v) is 8.92. The van der Waals surface area contributed by atoms with Gasteiger partial charge in [0.25, 0.3) is 0 Å². The van der Waals surface area contributed by atoms with Crippen LogP contribution in [0.1, 0.15) is 32.1 Å². The molecule has 1 aromatic rings. The number of benzene rings is 1. The average molecular weight is 326 g/mol. The van der Waals surface area contributed by atoms with E-state index >= 15 is 0 Å². The van der Waals surface area contributed by atoms with Gasteiger partial charge >= 0.3 is 0 Å². The van der Waals surface area contributed by atoms with Crippen molar-refractivity contribution in [1.82, 2.24) is 10.0 Å². The van der Waals surface area contributed by atoms with E-state index in [1.165, 1.54) is 19.2 Å². The summed E-state index contributed by atoms with van der Waals surface area (Å²) in [4.78, 5) is 11.9. The zero-order valence-corrected chi connectivity index (χ0v) is 13.5. The highest BCUT2D eigenvalue weighted by Gasteiger charge is 2.18. The summed E-state index contributed by atoms with van der Waals surface area (Å²) < 4.78 is 31.6. The Hall–Kier alpha value is -1.60. The molecule has 0 aliphatic heterocycles. The third-order valence-electron chi connectivity index (χ3n) is 3.73. The van der Waals surface area contributed by atoms with Gasteiger partial charge in [-0.05, 0) is 37.1 Å². The molecule has 0 atom stereocenters. The molecule has 0 saturated heterocycles. The highest BCUT2D eigenvalue weighted by atomic mass is 32.2. The summed E-state index contributed by atoms with van der Waals surface area (Å²) in [5, 5.41) is 2.93. The molecule has 0 bridgehead atoms. The number of rotatable bonds is 7. The minimum absolute atomic E-state index is 0.0902. The number of amides is 1. The van der Waals surface area contributed by atoms with Gasteiger partial charge in [0.15, 0.2) is 0 Å². The lowest BCUT2D eigenvalue weighted by Gasteiger charge is -2.12. The third kappa shape index (κ3) is 4.71. The van der Waals surface area contributed by atoms with Crippen molar-refractivity contribution in [2.75, 3.05) is 13.7 Å². The molecule has 2 rings (SSSR count). The molecular formula is C15H22N2O4S. The summed E-state index contributed by atoms with van der Waals surface area (Å²) in [6.07, 6.45) is 4.47. The van der Waals surface area contributed by atoms with Gasteiger partial charge in [-0.25, -0.2) is 13.1 Å². The summed E-state index contributed by atoms with van der Waals surface area (Å²) in [5.74, 6) is 0.485. The van der Waals surface area contributed by atoms with Crippen LogP contribution in [0.25, 0.3) is 0 Å². The highest BCUT2D eigenvalue weighted by Crippen LogP contribution is 2.17. The predicted octanol–water partition coefficient (Wildman–Crippen LogP) is 1.42. The molecule has 0 unspecified atom stereocenters. The van der Waals surface area contributed by atoms with Crippen LogP contribution in [-0.2, 0) is 14.8 Å². The van der Waals surface area contributed by atoms with Gasteiger partial charge in [0.05, 0.1) is 12.0 Å². The smallest absolute Gasteiger partial charge is 0.240 e. The Morgan fingerprint density at radius 1 is 1.23 bits per heavy atom. The maximum absolute atomic E-state index is 12.1. The number of methoxy groups -OCH3 is 1. The Balaban J connectivity index is 1.80. The number of nitrogens with one attached hydrogen (secondary N) is 2. The largest absolute Gasteiger partial charge is 0.497 e. The SMILES string of the molecule is COc1ccc(S(=O)(=O)NCCC(=O)NC2CCCC2)cc1. The van der Waals surface area contributed by atoms with E-state index in [9.17, 15) is 13.2 Å². The van der Waals surface area contributed by atoms with Crippen LogP contribution in [0.15, 0.2) is 29.2 Å². The van der Waals surface area contributed by atoms with Crippen LogP contribution < -0.4 is 14.8 Å². The molecule has 0 aromatic heterocycles. The molecule has 1 aromatic carbocycles. The summed E-state index contributed by atoms with van der Waals surface area (Å²) in [5.41, 5.74) is 0. The van der Waals surface area contributed by atoms with Crippen molar-refractivity contribution in [2.24, 2.45) is 0 Å². The third-order valence-corrected chi connectivity index (χ3v) is 5.21. The minimum Gasteiger partial charge on any atom is -0.497 e. The first-order valence-electron chi connectivity index (χ1n) is 7.44. The van der Waals surface area contributed by atoms with Crippen LogP contribution in [0.4, 0.5) is 0 Å². The molecule has 122 valence electrons. The Morgan fingerprint density at radius 2 is 1.86 bits per heavy atom. The Kier molecular flexibility index (Phi) is 5.79. The topological polar surface area (TPSA) is 84.5 Å². The first kappa shape index (κ1) is 16.8. The summed E-state index contributed by atoms with van der Waals surface area (Å²) >= 11 is 0. The van der Waals surface area contributed by atoms with E-state index in [0.29, 0.717) is 5.75 Å². The molecular weight excluding hydrogens is 304 g/mol. The number of carbonyl (C=O) groups excluding carboxylic acids is 1. The number of carbonyl (C=O) groups is 1. The molecule has 1 fully saturated rings. The van der Waals surface area contributed by atoms with Gasteiger partial charge in [-0.15, -0.1) is 0 Å². The Morgan fingerprint density at radius 3 is 2.45 bits per heavy atom. The molecule has 0 heterocycles. The van der Waals surface area contributed by atoms with Crippen LogP contribution in [0.3, 0.4) is 0 Å². The van der Waals surface area contributed by atoms with Gasteiger partial charge in [0.1, 0.15) is 5.75 Å². The number of sulfonamides is 1. The van der Waals surface area contributed by atoms with Crippen molar-refractivity contribution >= 4 is 15.9 Å². The van der Waals surface area contributed by atoms with Gasteiger partial charge < -0.3 is 10.1 Å². The molecule has 1 amide bonds. The molecule has 6 nitrogen and oxygen atoms in total. The fraction of sp³-hybridized carbons (Fsp3) is 0.533. The number of hydrogen-bond donors (Lipinski definition) is 2. The van der Waals surface area contributed by atoms with E-state index in [0.717, 1.165) is 25.7 Å². The predicted molar refractivity (Wildman–Crippen MR) is 83.2 cm³/mol. The van der Waals surface area contributed by atoms with Crippen LogP contribution in [0.5, 0.6) is 5.75 Å². The fourth-order valence-corrected chi connectivity index (χ4v) is 3.54. The van der Waals surface area contributed by atoms with E-state index in [-0.39, 0.29) is 29.8 Å². The minimum atomic E-state index is -3.59. The maximum Gasteiger partial charge on any atom is 0.240 e. The second-order valence-electron chi connectivity index (χ2n) is 5.37. The van der Waals surface area contributed by atoms with Crippen LogP contribution >= 0.6 is 0 Å². The molecule has 0 spiro atoms. The van der Waals surface area contributed by atoms with Crippen molar-refractivity contribution in [3.63, 3.8) is 0 Å². The zero-order valence-electron chi connectivity index (χ0n) is 12.7. The lowest BCUT2D eigenvalue weighted by molar-refractivity contribution is -0.121. The second-order valence-corrected chi connectivity index (χ2v) is 7.14. The Bertz CT molecular complexity index is 592. The molecule has 0 radical (unpaired) electrons. The van der Waals surface area contributed by atoms with Crippen molar-refractivity contribution in [2.45, 2.75) is 43.0 Å². The normalized spacial score (nSPS) is 15.7. The fourth-order valence-electron chi connectivity index (χ4n) is 2.51. The van der Waals surface area contributed by atoms with E-state index in [1.54, 1.807) is 12.1 Å². The summed E-state index contributed by atoms with van der Waals surface area (Å²) in [6.45, 7) is 0.0902. The monoisotopic (exact) mass is 326 g/mol. The lowest BCUT2D eigenvalue weighted by Crippen LogP contribution is -2.35. The van der Waals surface area contributed by atoms with E-state index in [4.69, 9.17) is 4.74 Å². The van der Waals surface area contributed by atoms with E-state index in [1.807, 2.05) is 0 Å². The highest BCUT2D eigenvalue weighted by molar-refractivity contribution is 7.89. The summed E-state index contributed by atoms with van der Waals surface area (Å²) in [7, 11) is -2.08. The van der Waals surface area contributed by atoms with Gasteiger partial charge in [0, 0.05) is 19.0 Å². The van der Waals surface area contributed by atoms with Crippen molar-refractivity contribution < 1.29 is 17.9 Å². The molecule has 1 aliphatic carbocycles. The lowest BCUT2D eigenvalue weighted by atomic mass is 10.2. The van der Waals surface area contributed by atoms with Crippen LogP contribution in [0.2, 0.25) is 0 Å². The molecule has 7 heteroatoms. The van der Waals surface area contributed by atoms with Crippen molar-refractivity contribution in [3.8, 4) is 5.75 Å². The Labute approximate surface area is 131 Å². The standard InChI is InChI=1S/C15H22N2O4S/c1-21-13-6-8-14(9-7-13)22(19,20)16-11-10-15(18)17-12-4-2-3-5-12/h6-9,12,16H,2-5,10-11H2,1H3,(H,17,18). The first-order chi connectivity index (χ1) is 10.5. The molecule has 2 N–H and O–H groups in total. The quantitative estimate of drug-likeness (QED) is 0.794. The second kappa shape index (κ2) is 7.60. The van der Waals surface area contributed by atoms with E-state index < -0.39 is 10.0 Å². The van der Waals surface area contributed by atoms with Gasteiger partial charge in [-0.2, -0.15) is 0 Å². The van der Waals surface area contributed by atoms with Gasteiger partial charge in [0.2, 0.25) is 15.9 Å². The molecule has 22 heavy (non-hydrogen) atoms. The van der Waals surface area contributed by atoms with Crippen LogP contribution in [0, 0.1) is 0 Å². The van der Waals surface area contributed by atoms with Crippen LogP contribution in [-0.4, -0.2) is 34.0 Å². The maximum atomic E-state index is 12.1.